The van der Waals surface area contributed by atoms with Crippen molar-refractivity contribution >= 4 is 23.2 Å². The molecule has 1 aromatic rings. The van der Waals surface area contributed by atoms with Crippen LogP contribution in [0.1, 0.15) is 17.2 Å². The molecule has 0 unspecified atom stereocenters. The number of halogens is 2. The first-order valence-corrected chi connectivity index (χ1v) is 4.56. The Morgan fingerprint density at radius 3 is 2.67 bits per heavy atom. The maximum Gasteiger partial charge on any atom is 0.0925 e. The third-order valence-electron chi connectivity index (χ3n) is 1.71. The Morgan fingerprint density at radius 2 is 2.17 bits per heavy atom. The first-order chi connectivity index (χ1) is 5.65. The topological polar surface area (TPSA) is 20.2 Å². The van der Waals surface area contributed by atoms with E-state index >= 15 is 0 Å². The van der Waals surface area contributed by atoms with Crippen LogP contribution in [0.15, 0.2) is 18.2 Å². The highest BCUT2D eigenvalue weighted by atomic mass is 35.5. The second kappa shape index (κ2) is 4.13. The van der Waals surface area contributed by atoms with Crippen molar-refractivity contribution in [2.45, 2.75) is 13.0 Å². The molecule has 0 aliphatic rings. The zero-order chi connectivity index (χ0) is 9.14. The summed E-state index contributed by atoms with van der Waals surface area (Å²) >= 11 is 11.3. The molecule has 1 aromatic carbocycles. The van der Waals surface area contributed by atoms with Crippen LogP contribution >= 0.6 is 23.2 Å². The van der Waals surface area contributed by atoms with E-state index < -0.39 is 6.10 Å². The van der Waals surface area contributed by atoms with E-state index in [0.717, 1.165) is 11.1 Å². The van der Waals surface area contributed by atoms with Gasteiger partial charge in [-0.05, 0) is 24.1 Å². The van der Waals surface area contributed by atoms with E-state index in [-0.39, 0.29) is 5.88 Å². The van der Waals surface area contributed by atoms with Gasteiger partial charge in [-0.25, -0.2) is 0 Å². The van der Waals surface area contributed by atoms with Crippen LogP contribution in [0.4, 0.5) is 0 Å². The SMILES string of the molecule is Cc1cc([C@H](O)CCl)ccc1Cl. The Kier molecular flexibility index (Phi) is 3.39. The summed E-state index contributed by atoms with van der Waals surface area (Å²) in [7, 11) is 0. The minimum atomic E-state index is -0.595. The molecule has 0 aliphatic heterocycles. The zero-order valence-electron chi connectivity index (χ0n) is 6.72. The minimum Gasteiger partial charge on any atom is -0.387 e. The molecule has 0 amide bonds. The fourth-order valence-corrected chi connectivity index (χ4v) is 1.26. The Hall–Kier alpha value is -0.240. The molecule has 0 bridgehead atoms. The van der Waals surface area contributed by atoms with Crippen molar-refractivity contribution in [1.82, 2.24) is 0 Å². The fraction of sp³-hybridized carbons (Fsp3) is 0.333. The van der Waals surface area contributed by atoms with Gasteiger partial charge in [0, 0.05) is 5.02 Å². The van der Waals surface area contributed by atoms with E-state index in [9.17, 15) is 5.11 Å². The van der Waals surface area contributed by atoms with E-state index in [2.05, 4.69) is 0 Å². The third-order valence-corrected chi connectivity index (χ3v) is 2.43. The number of benzene rings is 1. The number of hydrogen-bond acceptors (Lipinski definition) is 1. The number of aliphatic hydroxyl groups excluding tert-OH is 1. The number of aryl methyl sites for hydroxylation is 1. The van der Waals surface area contributed by atoms with E-state index in [1.165, 1.54) is 0 Å². The Balaban J connectivity index is 2.96. The van der Waals surface area contributed by atoms with Gasteiger partial charge < -0.3 is 5.11 Å². The molecule has 1 rings (SSSR count). The summed E-state index contributed by atoms with van der Waals surface area (Å²) in [5, 5.41) is 10.1. The summed E-state index contributed by atoms with van der Waals surface area (Å²) in [5.74, 6) is 0.209. The summed E-state index contributed by atoms with van der Waals surface area (Å²) in [4.78, 5) is 0. The Bertz CT molecular complexity index is 273. The van der Waals surface area contributed by atoms with Crippen molar-refractivity contribution in [3.05, 3.63) is 34.3 Å². The maximum atomic E-state index is 9.37. The van der Waals surface area contributed by atoms with Crippen molar-refractivity contribution in [1.29, 1.82) is 0 Å². The Labute approximate surface area is 81.9 Å². The first kappa shape index (κ1) is 9.85. The average Bonchev–Trinajstić information content (AvgIpc) is 2.08. The van der Waals surface area contributed by atoms with Gasteiger partial charge in [0.15, 0.2) is 0 Å². The molecule has 12 heavy (non-hydrogen) atoms. The van der Waals surface area contributed by atoms with Crippen molar-refractivity contribution in [2.75, 3.05) is 5.88 Å². The maximum absolute atomic E-state index is 9.37. The lowest BCUT2D eigenvalue weighted by molar-refractivity contribution is 0.202. The highest BCUT2D eigenvalue weighted by molar-refractivity contribution is 6.31. The minimum absolute atomic E-state index is 0.209. The van der Waals surface area contributed by atoms with Gasteiger partial charge in [0.05, 0.1) is 12.0 Å². The number of hydrogen-bond donors (Lipinski definition) is 1. The summed E-state index contributed by atoms with van der Waals surface area (Å²) in [6.45, 7) is 1.90. The van der Waals surface area contributed by atoms with Gasteiger partial charge in [0.2, 0.25) is 0 Å². The standard InChI is InChI=1S/C9H10Cl2O/c1-6-4-7(9(12)5-10)2-3-8(6)11/h2-4,9,12H,5H2,1H3/t9-/m1/s1. The molecule has 0 saturated heterocycles. The van der Waals surface area contributed by atoms with Crippen LogP contribution in [0.2, 0.25) is 5.02 Å². The predicted octanol–water partition coefficient (Wildman–Crippen LogP) is 2.92. The van der Waals surface area contributed by atoms with Gasteiger partial charge in [0.25, 0.3) is 0 Å². The molecule has 0 radical (unpaired) electrons. The number of alkyl halides is 1. The number of aliphatic hydroxyl groups is 1. The summed E-state index contributed by atoms with van der Waals surface area (Å²) < 4.78 is 0. The normalized spacial score (nSPS) is 13.0. The van der Waals surface area contributed by atoms with E-state index in [1.54, 1.807) is 12.1 Å². The molecule has 1 atom stereocenters. The van der Waals surface area contributed by atoms with Gasteiger partial charge in [-0.2, -0.15) is 0 Å². The van der Waals surface area contributed by atoms with Crippen molar-refractivity contribution in [3.63, 3.8) is 0 Å². The third kappa shape index (κ3) is 2.13. The van der Waals surface area contributed by atoms with Crippen molar-refractivity contribution in [2.24, 2.45) is 0 Å². The average molecular weight is 205 g/mol. The van der Waals surface area contributed by atoms with E-state index in [0.29, 0.717) is 5.02 Å². The highest BCUT2D eigenvalue weighted by Crippen LogP contribution is 2.21. The van der Waals surface area contributed by atoms with Crippen LogP contribution in [0.3, 0.4) is 0 Å². The van der Waals surface area contributed by atoms with Gasteiger partial charge in [-0.3, -0.25) is 0 Å². The summed E-state index contributed by atoms with van der Waals surface area (Å²) in [6, 6.07) is 5.39. The quantitative estimate of drug-likeness (QED) is 0.736. The molecule has 1 N–H and O–H groups in total. The van der Waals surface area contributed by atoms with Gasteiger partial charge in [-0.15, -0.1) is 11.6 Å². The molecule has 0 spiro atoms. The van der Waals surface area contributed by atoms with Crippen molar-refractivity contribution in [3.8, 4) is 0 Å². The molecular formula is C9H10Cl2O. The molecule has 3 heteroatoms. The lowest BCUT2D eigenvalue weighted by atomic mass is 10.1. The van der Waals surface area contributed by atoms with E-state index in [1.807, 2.05) is 13.0 Å². The molecule has 0 fully saturated rings. The second-order valence-electron chi connectivity index (χ2n) is 2.68. The second-order valence-corrected chi connectivity index (χ2v) is 3.39. The van der Waals surface area contributed by atoms with E-state index in [4.69, 9.17) is 23.2 Å². The summed E-state index contributed by atoms with van der Waals surface area (Å²) in [6.07, 6.45) is -0.595. The molecule has 0 aliphatic carbocycles. The predicted molar refractivity (Wildman–Crippen MR) is 51.9 cm³/mol. The monoisotopic (exact) mass is 204 g/mol. The summed E-state index contributed by atoms with van der Waals surface area (Å²) in [5.41, 5.74) is 1.77. The van der Waals surface area contributed by atoms with Gasteiger partial charge in [0.1, 0.15) is 0 Å². The van der Waals surface area contributed by atoms with Crippen molar-refractivity contribution < 1.29 is 5.11 Å². The zero-order valence-corrected chi connectivity index (χ0v) is 8.23. The van der Waals surface area contributed by atoms with Crippen LogP contribution in [0.5, 0.6) is 0 Å². The van der Waals surface area contributed by atoms with Crippen LogP contribution in [-0.2, 0) is 0 Å². The first-order valence-electron chi connectivity index (χ1n) is 3.65. The van der Waals surface area contributed by atoms with Crippen LogP contribution in [0.25, 0.3) is 0 Å². The molecule has 66 valence electrons. The number of rotatable bonds is 2. The smallest absolute Gasteiger partial charge is 0.0925 e. The molecule has 0 heterocycles. The van der Waals surface area contributed by atoms with Crippen LogP contribution in [-0.4, -0.2) is 11.0 Å². The lowest BCUT2D eigenvalue weighted by Crippen LogP contribution is -1.98. The van der Waals surface area contributed by atoms with Crippen LogP contribution in [0, 0.1) is 6.92 Å². The van der Waals surface area contributed by atoms with Gasteiger partial charge in [-0.1, -0.05) is 23.7 Å². The molecule has 0 saturated carbocycles. The lowest BCUT2D eigenvalue weighted by Gasteiger charge is -2.08. The highest BCUT2D eigenvalue weighted by Gasteiger charge is 2.06. The fourth-order valence-electron chi connectivity index (χ4n) is 0.964. The molecule has 0 aromatic heterocycles. The van der Waals surface area contributed by atoms with Crippen LogP contribution < -0.4 is 0 Å². The molecular weight excluding hydrogens is 195 g/mol. The van der Waals surface area contributed by atoms with Gasteiger partial charge >= 0.3 is 0 Å². The largest absolute Gasteiger partial charge is 0.387 e. The Morgan fingerprint density at radius 1 is 1.50 bits per heavy atom. The molecule has 1 nitrogen and oxygen atoms in total.